The van der Waals surface area contributed by atoms with E-state index in [0.29, 0.717) is 0 Å². The molecule has 17 heavy (non-hydrogen) atoms. The van der Waals surface area contributed by atoms with Crippen LogP contribution < -0.4 is 10.0 Å². The van der Waals surface area contributed by atoms with Gasteiger partial charge in [-0.1, -0.05) is 18.2 Å². The minimum absolute atomic E-state index is 0.871. The Balaban J connectivity index is 2.20. The molecule has 94 valence electrons. The van der Waals surface area contributed by atoms with Gasteiger partial charge in [0.05, 0.1) is 12.5 Å². The summed E-state index contributed by atoms with van der Waals surface area (Å²) in [5.74, 6) is 0.871. The van der Waals surface area contributed by atoms with Gasteiger partial charge in [-0.25, -0.2) is 0 Å². The van der Waals surface area contributed by atoms with Gasteiger partial charge in [0.1, 0.15) is 5.75 Å². The van der Waals surface area contributed by atoms with Gasteiger partial charge in [-0.15, -0.1) is 12.2 Å². The highest BCUT2D eigenvalue weighted by atomic mass is 32.9. The molecular weight excluding hydrogens is 269 g/mol. The summed E-state index contributed by atoms with van der Waals surface area (Å²) < 4.78 is 7.55. The summed E-state index contributed by atoms with van der Waals surface area (Å²) in [6.45, 7) is 2.18. The van der Waals surface area contributed by atoms with Gasteiger partial charge in [0.2, 0.25) is 0 Å². The van der Waals surface area contributed by atoms with Crippen LogP contribution in [0.2, 0.25) is 0 Å². The van der Waals surface area contributed by atoms with Crippen LogP contribution in [0.1, 0.15) is 19.3 Å². The number of thiol groups is 1. The first-order valence-corrected chi connectivity index (χ1v) is 9.78. The summed E-state index contributed by atoms with van der Waals surface area (Å²) in [6.07, 6.45) is 3.81. The first kappa shape index (κ1) is 13.4. The van der Waals surface area contributed by atoms with E-state index in [2.05, 4.69) is 16.8 Å². The Kier molecular flexibility index (Phi) is 4.53. The van der Waals surface area contributed by atoms with Crippen LogP contribution in [0.4, 0.5) is 0 Å². The third kappa shape index (κ3) is 3.05. The molecule has 0 aliphatic carbocycles. The maximum Gasteiger partial charge on any atom is 0.118 e. The highest BCUT2D eigenvalue weighted by Gasteiger charge is 2.25. The molecule has 0 amide bonds. The Morgan fingerprint density at radius 1 is 1.18 bits per heavy atom. The standard InChI is InChI=1S/C12H18NOPS2/c1-14-11-5-7-12(8-6-11)15(16,17)13-9-3-2-4-10-13/h5-8H,2-4,9-10H2,1H3,(H,16,17). The van der Waals surface area contributed by atoms with Gasteiger partial charge in [-0.3, -0.25) is 4.67 Å². The van der Waals surface area contributed by atoms with Gasteiger partial charge < -0.3 is 4.74 Å². The lowest BCUT2D eigenvalue weighted by Crippen LogP contribution is -2.28. The topological polar surface area (TPSA) is 12.5 Å². The van der Waals surface area contributed by atoms with Crippen LogP contribution in [0.5, 0.6) is 5.75 Å². The second kappa shape index (κ2) is 5.75. The summed E-state index contributed by atoms with van der Waals surface area (Å²) in [5.41, 5.74) is 0. The van der Waals surface area contributed by atoms with E-state index in [-0.39, 0.29) is 0 Å². The summed E-state index contributed by atoms with van der Waals surface area (Å²) in [5, 5.41) is -0.680. The van der Waals surface area contributed by atoms with Crippen molar-refractivity contribution in [2.24, 2.45) is 0 Å². The maximum absolute atomic E-state index is 5.77. The van der Waals surface area contributed by atoms with E-state index >= 15 is 0 Å². The average molecular weight is 287 g/mol. The second-order valence-corrected chi connectivity index (χ2v) is 10.6. The molecule has 1 saturated heterocycles. The molecule has 1 unspecified atom stereocenters. The smallest absolute Gasteiger partial charge is 0.118 e. The van der Waals surface area contributed by atoms with E-state index in [1.54, 1.807) is 7.11 Å². The second-order valence-electron chi connectivity index (χ2n) is 4.26. The number of ether oxygens (including phenoxy) is 1. The van der Waals surface area contributed by atoms with Crippen molar-refractivity contribution < 1.29 is 4.74 Å². The Hall–Kier alpha value is -0.0200. The summed E-state index contributed by atoms with van der Waals surface area (Å²) in [6, 6.07) is 8.05. The number of piperidine rings is 1. The molecule has 5 heteroatoms. The van der Waals surface area contributed by atoms with Crippen LogP contribution in [0.3, 0.4) is 0 Å². The third-order valence-corrected chi connectivity index (χ3v) is 8.04. The monoisotopic (exact) mass is 287 g/mol. The molecule has 0 aromatic heterocycles. The zero-order valence-electron chi connectivity index (χ0n) is 10.0. The number of nitrogens with zero attached hydrogens (tertiary/aromatic N) is 1. The van der Waals surface area contributed by atoms with Crippen molar-refractivity contribution in [3.63, 3.8) is 0 Å². The van der Waals surface area contributed by atoms with E-state index in [4.69, 9.17) is 28.8 Å². The number of hydrogen-bond donors (Lipinski definition) is 1. The lowest BCUT2D eigenvalue weighted by molar-refractivity contribution is 0.375. The van der Waals surface area contributed by atoms with Crippen LogP contribution >= 0.6 is 17.6 Å². The van der Waals surface area contributed by atoms with Crippen molar-refractivity contribution >= 4 is 34.8 Å². The summed E-state index contributed by atoms with van der Waals surface area (Å²) >= 11 is 10.6. The van der Waals surface area contributed by atoms with Crippen molar-refractivity contribution in [3.8, 4) is 5.75 Å². The Morgan fingerprint density at radius 3 is 2.29 bits per heavy atom. The van der Waals surface area contributed by atoms with E-state index < -0.39 is 5.39 Å². The SMILES string of the molecule is COc1ccc(P(=S)(S)N2CCCCC2)cc1. The normalized spacial score (nSPS) is 20.8. The maximum atomic E-state index is 5.77. The van der Waals surface area contributed by atoms with E-state index in [1.807, 2.05) is 12.1 Å². The number of benzene rings is 1. The molecule has 0 bridgehead atoms. The van der Waals surface area contributed by atoms with Gasteiger partial charge in [-0.2, -0.15) is 0 Å². The van der Waals surface area contributed by atoms with Gasteiger partial charge in [0.15, 0.2) is 0 Å². The van der Waals surface area contributed by atoms with E-state index in [1.165, 1.54) is 24.6 Å². The molecule has 1 aromatic rings. The van der Waals surface area contributed by atoms with E-state index in [9.17, 15) is 0 Å². The number of methoxy groups -OCH3 is 1. The van der Waals surface area contributed by atoms with Crippen LogP contribution in [0, 0.1) is 0 Å². The Labute approximate surface area is 114 Å². The minimum atomic E-state index is -1.85. The van der Waals surface area contributed by atoms with Crippen LogP contribution in [0.15, 0.2) is 24.3 Å². The first-order chi connectivity index (χ1) is 8.14. The molecular formula is C12H18NOPS2. The molecule has 0 spiro atoms. The van der Waals surface area contributed by atoms with Crippen molar-refractivity contribution in [2.45, 2.75) is 19.3 Å². The predicted molar refractivity (Wildman–Crippen MR) is 81.3 cm³/mol. The highest BCUT2D eigenvalue weighted by Crippen LogP contribution is 2.54. The zero-order valence-corrected chi connectivity index (χ0v) is 12.6. The molecule has 1 aromatic carbocycles. The first-order valence-electron chi connectivity index (χ1n) is 5.87. The largest absolute Gasteiger partial charge is 0.497 e. The fraction of sp³-hybridized carbons (Fsp3) is 0.500. The molecule has 0 radical (unpaired) electrons. The van der Waals surface area contributed by atoms with Crippen molar-refractivity contribution in [1.82, 2.24) is 4.67 Å². The molecule has 1 fully saturated rings. The molecule has 2 rings (SSSR count). The van der Waals surface area contributed by atoms with Crippen LogP contribution in [-0.4, -0.2) is 24.9 Å². The van der Waals surface area contributed by atoms with E-state index in [0.717, 1.165) is 18.8 Å². The summed E-state index contributed by atoms with van der Waals surface area (Å²) in [4.78, 5) is 0. The zero-order chi connectivity index (χ0) is 12.3. The molecule has 1 heterocycles. The number of rotatable bonds is 3. The molecule has 1 aliphatic heterocycles. The minimum Gasteiger partial charge on any atom is -0.497 e. The quantitative estimate of drug-likeness (QED) is 0.678. The Morgan fingerprint density at radius 2 is 1.76 bits per heavy atom. The molecule has 1 aliphatic rings. The van der Waals surface area contributed by atoms with Gasteiger partial charge in [0, 0.05) is 18.4 Å². The molecule has 2 nitrogen and oxygen atoms in total. The average Bonchev–Trinajstić information content (AvgIpc) is 2.40. The molecule has 0 N–H and O–H groups in total. The van der Waals surface area contributed by atoms with Crippen molar-refractivity contribution in [2.75, 3.05) is 20.2 Å². The lowest BCUT2D eigenvalue weighted by atomic mass is 10.2. The van der Waals surface area contributed by atoms with Crippen LogP contribution in [0.25, 0.3) is 0 Å². The lowest BCUT2D eigenvalue weighted by Gasteiger charge is -2.34. The fourth-order valence-corrected chi connectivity index (χ4v) is 5.57. The van der Waals surface area contributed by atoms with Gasteiger partial charge >= 0.3 is 0 Å². The Bertz CT molecular complexity index is 415. The van der Waals surface area contributed by atoms with Crippen LogP contribution in [-0.2, 0) is 11.8 Å². The molecule has 1 atom stereocenters. The fourth-order valence-electron chi connectivity index (χ4n) is 2.09. The number of hydrogen-bond acceptors (Lipinski definition) is 2. The summed E-state index contributed by atoms with van der Waals surface area (Å²) in [7, 11) is 1.68. The van der Waals surface area contributed by atoms with Crippen molar-refractivity contribution in [1.29, 1.82) is 0 Å². The van der Waals surface area contributed by atoms with Gasteiger partial charge in [-0.05, 0) is 37.1 Å². The molecule has 0 saturated carbocycles. The van der Waals surface area contributed by atoms with Gasteiger partial charge in [0.25, 0.3) is 0 Å². The van der Waals surface area contributed by atoms with Crippen molar-refractivity contribution in [3.05, 3.63) is 24.3 Å². The third-order valence-electron chi connectivity index (χ3n) is 3.12. The predicted octanol–water partition coefficient (Wildman–Crippen LogP) is 3.05. The highest BCUT2D eigenvalue weighted by molar-refractivity contribution is 8.65.